The first-order valence-corrected chi connectivity index (χ1v) is 9.65. The maximum atomic E-state index is 2.37. The smallest absolute Gasteiger partial charge is 0.0116 e. The zero-order chi connectivity index (χ0) is 16.6. The quantitative estimate of drug-likeness (QED) is 0.481. The lowest BCUT2D eigenvalue weighted by Gasteiger charge is -2.32. The third-order valence-electron chi connectivity index (χ3n) is 4.35. The van der Waals surface area contributed by atoms with Gasteiger partial charge in [0.2, 0.25) is 0 Å². The molecule has 1 aliphatic carbocycles. The average molecular weight is 317 g/mol. The molecule has 1 heteroatoms. The molecule has 0 aromatic rings. The zero-order valence-electron chi connectivity index (χ0n) is 15.2. The standard InChI is InChI=1S/C21H32S/c1-17(9-7-10-18(2)14-16-22-6)12-13-20-19(3)11-8-15-21(20,4)5/h7,9-10,12-14H,8,11,15-16H2,1-6H3/b10-7-,13-12-,17-9-,18-14-. The molecule has 0 aromatic heterocycles. The van der Waals surface area contributed by atoms with E-state index < -0.39 is 0 Å². The third-order valence-corrected chi connectivity index (χ3v) is 4.85. The maximum Gasteiger partial charge on any atom is 0.0116 e. The van der Waals surface area contributed by atoms with Gasteiger partial charge < -0.3 is 0 Å². The van der Waals surface area contributed by atoms with E-state index in [4.69, 9.17) is 0 Å². The molecule has 122 valence electrons. The van der Waals surface area contributed by atoms with Gasteiger partial charge in [-0.2, -0.15) is 11.8 Å². The van der Waals surface area contributed by atoms with Crippen molar-refractivity contribution >= 4 is 11.8 Å². The number of thioether (sulfide) groups is 1. The molecule has 0 bridgehead atoms. The van der Waals surface area contributed by atoms with Crippen molar-refractivity contribution in [2.45, 2.75) is 53.9 Å². The van der Waals surface area contributed by atoms with E-state index in [1.165, 1.54) is 36.0 Å². The van der Waals surface area contributed by atoms with Crippen molar-refractivity contribution in [1.29, 1.82) is 0 Å². The molecule has 0 unspecified atom stereocenters. The van der Waals surface area contributed by atoms with Gasteiger partial charge in [-0.05, 0) is 57.3 Å². The molecule has 0 saturated carbocycles. The van der Waals surface area contributed by atoms with Crippen molar-refractivity contribution in [3.8, 4) is 0 Å². The van der Waals surface area contributed by atoms with Crippen LogP contribution in [0.25, 0.3) is 0 Å². The Morgan fingerprint density at radius 2 is 1.91 bits per heavy atom. The minimum atomic E-state index is 0.325. The monoisotopic (exact) mass is 316 g/mol. The molecule has 0 radical (unpaired) electrons. The summed E-state index contributed by atoms with van der Waals surface area (Å²) in [4.78, 5) is 0. The van der Waals surface area contributed by atoms with E-state index in [1.807, 2.05) is 11.8 Å². The SMILES string of the molecule is CSC\C=C(C)/C=C\C=C(C)/C=C\C1=C(C)CCCC1(C)C. The summed E-state index contributed by atoms with van der Waals surface area (Å²) in [6.07, 6.45) is 19.4. The first-order chi connectivity index (χ1) is 10.4. The van der Waals surface area contributed by atoms with Crippen molar-refractivity contribution < 1.29 is 0 Å². The highest BCUT2D eigenvalue weighted by atomic mass is 32.2. The van der Waals surface area contributed by atoms with E-state index in [0.717, 1.165) is 5.75 Å². The summed E-state index contributed by atoms with van der Waals surface area (Å²) in [5.74, 6) is 1.08. The van der Waals surface area contributed by atoms with Gasteiger partial charge in [-0.15, -0.1) is 0 Å². The van der Waals surface area contributed by atoms with E-state index in [-0.39, 0.29) is 0 Å². The lowest BCUT2D eigenvalue weighted by molar-refractivity contribution is 0.377. The molecule has 0 N–H and O–H groups in total. The topological polar surface area (TPSA) is 0 Å². The van der Waals surface area contributed by atoms with Crippen LogP contribution in [-0.2, 0) is 0 Å². The Hall–Kier alpha value is -0.950. The highest BCUT2D eigenvalue weighted by Crippen LogP contribution is 2.40. The summed E-state index contributed by atoms with van der Waals surface area (Å²) in [5.41, 5.74) is 6.05. The highest BCUT2D eigenvalue weighted by molar-refractivity contribution is 7.98. The normalized spacial score (nSPS) is 20.5. The molecule has 0 heterocycles. The van der Waals surface area contributed by atoms with Gasteiger partial charge >= 0.3 is 0 Å². The maximum absolute atomic E-state index is 2.37. The Balaban J connectivity index is 2.73. The second-order valence-electron chi connectivity index (χ2n) is 6.94. The first kappa shape index (κ1) is 19.1. The van der Waals surface area contributed by atoms with Gasteiger partial charge in [-0.1, -0.05) is 67.0 Å². The summed E-state index contributed by atoms with van der Waals surface area (Å²) >= 11 is 1.85. The summed E-state index contributed by atoms with van der Waals surface area (Å²) < 4.78 is 0. The number of allylic oxidation sites excluding steroid dienone is 9. The van der Waals surface area contributed by atoms with Gasteiger partial charge in [-0.25, -0.2) is 0 Å². The van der Waals surface area contributed by atoms with Crippen LogP contribution in [0.5, 0.6) is 0 Å². The molecule has 0 aliphatic heterocycles. The van der Waals surface area contributed by atoms with Crippen LogP contribution in [-0.4, -0.2) is 12.0 Å². The minimum Gasteiger partial charge on any atom is -0.161 e. The number of hydrogen-bond donors (Lipinski definition) is 0. The summed E-state index contributed by atoms with van der Waals surface area (Å²) in [5, 5.41) is 0. The van der Waals surface area contributed by atoms with Gasteiger partial charge in [-0.3, -0.25) is 0 Å². The minimum absolute atomic E-state index is 0.325. The molecule has 0 aromatic carbocycles. The van der Waals surface area contributed by atoms with Crippen LogP contribution < -0.4 is 0 Å². The highest BCUT2D eigenvalue weighted by Gasteiger charge is 2.26. The van der Waals surface area contributed by atoms with Crippen molar-refractivity contribution in [1.82, 2.24) is 0 Å². The largest absolute Gasteiger partial charge is 0.161 e. The van der Waals surface area contributed by atoms with E-state index in [1.54, 1.807) is 5.57 Å². The summed E-state index contributed by atoms with van der Waals surface area (Å²) in [7, 11) is 0. The third kappa shape index (κ3) is 6.44. The van der Waals surface area contributed by atoms with Crippen molar-refractivity contribution in [3.05, 3.63) is 58.7 Å². The Morgan fingerprint density at radius 1 is 1.18 bits per heavy atom. The Morgan fingerprint density at radius 3 is 2.55 bits per heavy atom. The van der Waals surface area contributed by atoms with Crippen molar-refractivity contribution in [2.24, 2.45) is 5.41 Å². The van der Waals surface area contributed by atoms with Gasteiger partial charge in [0.15, 0.2) is 0 Å². The lowest BCUT2D eigenvalue weighted by atomic mass is 9.72. The van der Waals surface area contributed by atoms with E-state index in [9.17, 15) is 0 Å². The fourth-order valence-corrected chi connectivity index (χ4v) is 3.34. The van der Waals surface area contributed by atoms with Crippen LogP contribution in [0.1, 0.15) is 53.9 Å². The van der Waals surface area contributed by atoms with Crippen LogP contribution in [0.3, 0.4) is 0 Å². The summed E-state index contributed by atoms with van der Waals surface area (Å²) in [6.45, 7) is 11.4. The molecule has 0 fully saturated rings. The van der Waals surface area contributed by atoms with Crippen LogP contribution in [0.2, 0.25) is 0 Å². The number of hydrogen-bond acceptors (Lipinski definition) is 1. The molecule has 1 aliphatic rings. The van der Waals surface area contributed by atoms with Gasteiger partial charge in [0.1, 0.15) is 0 Å². The van der Waals surface area contributed by atoms with Crippen molar-refractivity contribution in [3.63, 3.8) is 0 Å². The molecule has 0 spiro atoms. The van der Waals surface area contributed by atoms with Crippen LogP contribution >= 0.6 is 11.8 Å². The van der Waals surface area contributed by atoms with E-state index in [0.29, 0.717) is 5.41 Å². The second kappa shape index (κ2) is 9.25. The van der Waals surface area contributed by atoms with Crippen LogP contribution in [0.4, 0.5) is 0 Å². The molecule has 1 rings (SSSR count). The van der Waals surface area contributed by atoms with Gasteiger partial charge in [0.25, 0.3) is 0 Å². The molecular weight excluding hydrogens is 284 g/mol. The fourth-order valence-electron chi connectivity index (χ4n) is 2.92. The van der Waals surface area contributed by atoms with E-state index >= 15 is 0 Å². The average Bonchev–Trinajstić information content (AvgIpc) is 2.43. The molecule has 0 atom stereocenters. The summed E-state index contributed by atoms with van der Waals surface area (Å²) in [6, 6.07) is 0. The van der Waals surface area contributed by atoms with Gasteiger partial charge in [0.05, 0.1) is 0 Å². The second-order valence-corrected chi connectivity index (χ2v) is 7.85. The zero-order valence-corrected chi connectivity index (χ0v) is 16.0. The fraction of sp³-hybridized carbons (Fsp3) is 0.524. The predicted molar refractivity (Wildman–Crippen MR) is 105 cm³/mol. The predicted octanol–water partition coefficient (Wildman–Crippen LogP) is 6.88. The van der Waals surface area contributed by atoms with Crippen LogP contribution in [0, 0.1) is 5.41 Å². The molecule has 0 nitrogen and oxygen atoms in total. The van der Waals surface area contributed by atoms with Gasteiger partial charge in [0, 0.05) is 5.75 Å². The molecule has 0 amide bonds. The first-order valence-electron chi connectivity index (χ1n) is 8.26. The molecule has 22 heavy (non-hydrogen) atoms. The Bertz CT molecular complexity index is 510. The number of rotatable bonds is 6. The Labute approximate surface area is 142 Å². The Kier molecular flexibility index (Phi) is 8.03. The lowest BCUT2D eigenvalue weighted by Crippen LogP contribution is -2.19. The van der Waals surface area contributed by atoms with Crippen LogP contribution in [0.15, 0.2) is 58.7 Å². The van der Waals surface area contributed by atoms with Crippen molar-refractivity contribution in [2.75, 3.05) is 12.0 Å². The molecular formula is C21H32S. The molecule has 0 saturated heterocycles. The van der Waals surface area contributed by atoms with E-state index in [2.05, 4.69) is 77.3 Å².